The fourth-order valence-corrected chi connectivity index (χ4v) is 4.59. The van der Waals surface area contributed by atoms with Gasteiger partial charge in [-0.3, -0.25) is 14.7 Å². The summed E-state index contributed by atoms with van der Waals surface area (Å²) in [6.07, 6.45) is 0.525. The van der Waals surface area contributed by atoms with Crippen molar-refractivity contribution in [3.05, 3.63) is 34.4 Å². The third kappa shape index (κ3) is 2.56. The number of pyridine rings is 1. The van der Waals surface area contributed by atoms with Gasteiger partial charge >= 0.3 is 0 Å². The van der Waals surface area contributed by atoms with Crippen molar-refractivity contribution in [1.29, 1.82) is 0 Å². The van der Waals surface area contributed by atoms with Crippen LogP contribution in [0, 0.1) is 0 Å². The number of amides is 1. The zero-order valence-electron chi connectivity index (χ0n) is 13.8. The summed E-state index contributed by atoms with van der Waals surface area (Å²) in [7, 11) is 1.77. The molecule has 4 nitrogen and oxygen atoms in total. The van der Waals surface area contributed by atoms with Crippen molar-refractivity contribution < 1.29 is 13.6 Å². The Labute approximate surface area is 152 Å². The Bertz CT molecular complexity index is 850. The van der Waals surface area contributed by atoms with E-state index in [1.165, 1.54) is 0 Å². The van der Waals surface area contributed by atoms with Crippen LogP contribution in [0.1, 0.15) is 18.4 Å². The number of nitrogens with zero attached hydrogens (tertiary/aromatic N) is 3. The van der Waals surface area contributed by atoms with Crippen LogP contribution >= 0.6 is 15.9 Å². The lowest BCUT2D eigenvalue weighted by Gasteiger charge is -2.38. The molecule has 3 heterocycles. The number of piperidine rings is 1. The van der Waals surface area contributed by atoms with Gasteiger partial charge in [0.15, 0.2) is 0 Å². The normalized spacial score (nSPS) is 20.0. The van der Waals surface area contributed by atoms with Crippen LogP contribution in [0.15, 0.2) is 28.9 Å². The largest absolute Gasteiger partial charge is 0.313 e. The van der Waals surface area contributed by atoms with E-state index in [-0.39, 0.29) is 12.5 Å². The molecule has 4 rings (SSSR count). The maximum Gasteiger partial charge on any atom is 0.251 e. The van der Waals surface area contributed by atoms with Gasteiger partial charge in [0, 0.05) is 22.5 Å². The van der Waals surface area contributed by atoms with E-state index in [9.17, 15) is 13.6 Å². The van der Waals surface area contributed by atoms with Gasteiger partial charge in [0.05, 0.1) is 29.4 Å². The fraction of sp³-hybridized carbons (Fsp3) is 0.444. The Hall–Kier alpha value is -1.60. The number of likely N-dealkylation sites (N-methyl/N-ethyl adjacent to an activating group) is 1. The van der Waals surface area contributed by atoms with E-state index in [4.69, 9.17) is 0 Å². The molecule has 1 fully saturated rings. The van der Waals surface area contributed by atoms with E-state index < -0.39 is 11.8 Å². The summed E-state index contributed by atoms with van der Waals surface area (Å²) >= 11 is 3.50. The van der Waals surface area contributed by atoms with Crippen molar-refractivity contribution >= 4 is 38.4 Å². The minimum atomic E-state index is -2.34. The molecule has 0 bridgehead atoms. The first-order valence-electron chi connectivity index (χ1n) is 8.30. The van der Waals surface area contributed by atoms with Gasteiger partial charge in [-0.05, 0) is 44.1 Å². The molecular formula is C18H18BrF2N3O. The number of benzene rings is 1. The number of likely N-dealkylation sites (tertiary alicyclic amines) is 1. The molecule has 1 aromatic heterocycles. The second-order valence-corrected chi connectivity index (χ2v) is 7.73. The highest BCUT2D eigenvalue weighted by molar-refractivity contribution is 9.10. The van der Waals surface area contributed by atoms with Gasteiger partial charge in [-0.1, -0.05) is 15.9 Å². The first kappa shape index (κ1) is 16.8. The van der Waals surface area contributed by atoms with E-state index in [2.05, 4.69) is 20.9 Å². The summed E-state index contributed by atoms with van der Waals surface area (Å²) < 4.78 is 26.3. The lowest BCUT2D eigenvalue weighted by Crippen LogP contribution is -2.49. The summed E-state index contributed by atoms with van der Waals surface area (Å²) in [5.41, 5.74) is 2.05. The maximum absolute atomic E-state index is 13.1. The van der Waals surface area contributed by atoms with E-state index in [1.54, 1.807) is 23.0 Å². The average Bonchev–Trinajstić information content (AvgIpc) is 2.79. The number of rotatable bonds is 2. The second-order valence-electron chi connectivity index (χ2n) is 6.82. The molecule has 2 aliphatic rings. The molecule has 0 radical (unpaired) electrons. The lowest BCUT2D eigenvalue weighted by atomic mass is 9.72. The number of aromatic nitrogens is 1. The van der Waals surface area contributed by atoms with Crippen molar-refractivity contribution in [2.45, 2.75) is 24.7 Å². The highest BCUT2D eigenvalue weighted by Gasteiger charge is 2.52. The van der Waals surface area contributed by atoms with Gasteiger partial charge in [-0.2, -0.15) is 0 Å². The predicted octanol–water partition coefficient (Wildman–Crippen LogP) is 3.57. The molecular weight excluding hydrogens is 392 g/mol. The van der Waals surface area contributed by atoms with E-state index in [0.717, 1.165) is 26.6 Å². The van der Waals surface area contributed by atoms with Crippen LogP contribution in [0.2, 0.25) is 0 Å². The number of carbonyl (C=O) groups excluding carboxylic acids is 1. The molecule has 1 amide bonds. The fourth-order valence-electron chi connectivity index (χ4n) is 4.23. The molecule has 0 atom stereocenters. The number of fused-ring (bicyclic) bond motifs is 4. The number of hydrogen-bond donors (Lipinski definition) is 0. The van der Waals surface area contributed by atoms with Crippen LogP contribution in [0.4, 0.5) is 14.5 Å². The molecule has 1 aromatic carbocycles. The van der Waals surface area contributed by atoms with Crippen LogP contribution in [0.5, 0.6) is 0 Å². The van der Waals surface area contributed by atoms with Crippen molar-refractivity contribution in [2.24, 2.45) is 0 Å². The zero-order chi connectivity index (χ0) is 17.8. The molecule has 0 unspecified atom stereocenters. The number of hydrogen-bond acceptors (Lipinski definition) is 3. The topological polar surface area (TPSA) is 36.4 Å². The lowest BCUT2D eigenvalue weighted by molar-refractivity contribution is -0.124. The monoisotopic (exact) mass is 409 g/mol. The van der Waals surface area contributed by atoms with E-state index >= 15 is 0 Å². The van der Waals surface area contributed by atoms with Gasteiger partial charge in [-0.25, -0.2) is 8.78 Å². The average molecular weight is 410 g/mol. The van der Waals surface area contributed by atoms with Crippen LogP contribution in [0.25, 0.3) is 10.9 Å². The SMILES string of the molecule is CN1C(=O)C2(CCN(CC(F)F)CC2)c2c1cnc1ccc(Br)cc21. The molecule has 2 aromatic rings. The van der Waals surface area contributed by atoms with E-state index in [0.29, 0.717) is 25.9 Å². The Morgan fingerprint density at radius 1 is 1.32 bits per heavy atom. The Morgan fingerprint density at radius 3 is 2.72 bits per heavy atom. The Kier molecular flexibility index (Phi) is 4.03. The van der Waals surface area contributed by atoms with Gasteiger partial charge in [0.2, 0.25) is 5.91 Å². The maximum atomic E-state index is 13.1. The number of anilines is 1. The molecule has 1 spiro atoms. The summed E-state index contributed by atoms with van der Waals surface area (Å²) in [5, 5.41) is 0.965. The first-order chi connectivity index (χ1) is 11.9. The molecule has 0 saturated carbocycles. The Morgan fingerprint density at radius 2 is 2.04 bits per heavy atom. The second kappa shape index (κ2) is 5.99. The molecule has 2 aliphatic heterocycles. The van der Waals surface area contributed by atoms with Crippen molar-refractivity contribution in [2.75, 3.05) is 31.6 Å². The minimum absolute atomic E-state index is 0.0495. The predicted molar refractivity (Wildman–Crippen MR) is 96.2 cm³/mol. The van der Waals surface area contributed by atoms with Crippen LogP contribution in [-0.2, 0) is 10.2 Å². The van der Waals surface area contributed by atoms with Crippen molar-refractivity contribution in [3.8, 4) is 0 Å². The van der Waals surface area contributed by atoms with Crippen LogP contribution in [0.3, 0.4) is 0 Å². The highest BCUT2D eigenvalue weighted by Crippen LogP contribution is 2.50. The standard InChI is InChI=1S/C18H18BrF2N3O/c1-23-14-9-22-13-3-2-11(19)8-12(13)16(14)18(17(23)25)4-6-24(7-5-18)10-15(20)21/h2-3,8-9,15H,4-7,10H2,1H3. The van der Waals surface area contributed by atoms with Crippen molar-refractivity contribution in [1.82, 2.24) is 9.88 Å². The van der Waals surface area contributed by atoms with Crippen LogP contribution < -0.4 is 4.90 Å². The molecule has 0 aliphatic carbocycles. The van der Waals surface area contributed by atoms with Gasteiger partial charge in [0.1, 0.15) is 0 Å². The number of alkyl halides is 2. The van der Waals surface area contributed by atoms with Crippen molar-refractivity contribution in [3.63, 3.8) is 0 Å². The van der Waals surface area contributed by atoms with Crippen LogP contribution in [-0.4, -0.2) is 48.9 Å². The molecule has 25 heavy (non-hydrogen) atoms. The third-order valence-electron chi connectivity index (χ3n) is 5.47. The summed E-state index contributed by atoms with van der Waals surface area (Å²) in [6.45, 7) is 0.776. The smallest absolute Gasteiger partial charge is 0.251 e. The Balaban J connectivity index is 1.81. The number of carbonyl (C=O) groups is 1. The van der Waals surface area contributed by atoms with Gasteiger partial charge in [0.25, 0.3) is 6.43 Å². The first-order valence-corrected chi connectivity index (χ1v) is 9.09. The molecule has 132 valence electrons. The van der Waals surface area contributed by atoms with E-state index in [1.807, 2.05) is 18.2 Å². The van der Waals surface area contributed by atoms with Gasteiger partial charge in [-0.15, -0.1) is 0 Å². The third-order valence-corrected chi connectivity index (χ3v) is 5.96. The molecule has 1 saturated heterocycles. The summed E-state index contributed by atoms with van der Waals surface area (Å²) in [4.78, 5) is 21.0. The summed E-state index contributed by atoms with van der Waals surface area (Å²) in [5.74, 6) is 0.0495. The number of halogens is 3. The quantitative estimate of drug-likeness (QED) is 0.760. The zero-order valence-corrected chi connectivity index (χ0v) is 15.4. The summed E-state index contributed by atoms with van der Waals surface area (Å²) in [6, 6.07) is 5.86. The molecule has 7 heteroatoms. The highest BCUT2D eigenvalue weighted by atomic mass is 79.9. The molecule has 0 N–H and O–H groups in total. The minimum Gasteiger partial charge on any atom is -0.313 e. The van der Waals surface area contributed by atoms with Gasteiger partial charge < -0.3 is 4.90 Å².